The SMILES string of the molecule is O=C(NCCCc1nc2ccccc2[nH]1)c1ccccc1OCC1CCCO1. The Morgan fingerprint density at radius 1 is 1.21 bits per heavy atom. The molecule has 0 bridgehead atoms. The molecule has 1 atom stereocenters. The summed E-state index contributed by atoms with van der Waals surface area (Å²) in [6, 6.07) is 15.3. The summed E-state index contributed by atoms with van der Waals surface area (Å²) in [5, 5.41) is 2.98. The van der Waals surface area contributed by atoms with Crippen LogP contribution in [0.15, 0.2) is 48.5 Å². The Kier molecular flexibility index (Phi) is 5.87. The highest BCUT2D eigenvalue weighted by molar-refractivity contribution is 5.96. The third-order valence-electron chi connectivity index (χ3n) is 4.89. The van der Waals surface area contributed by atoms with Crippen LogP contribution in [0.3, 0.4) is 0 Å². The second kappa shape index (κ2) is 8.89. The van der Waals surface area contributed by atoms with Crippen molar-refractivity contribution in [2.45, 2.75) is 31.8 Å². The van der Waals surface area contributed by atoms with Crippen molar-refractivity contribution in [2.24, 2.45) is 0 Å². The number of benzene rings is 2. The van der Waals surface area contributed by atoms with Crippen molar-refractivity contribution >= 4 is 16.9 Å². The first-order valence-electron chi connectivity index (χ1n) is 9.85. The molecular formula is C22H25N3O3. The number of hydrogen-bond donors (Lipinski definition) is 2. The van der Waals surface area contributed by atoms with E-state index < -0.39 is 0 Å². The van der Waals surface area contributed by atoms with Gasteiger partial charge in [-0.3, -0.25) is 4.79 Å². The van der Waals surface area contributed by atoms with Crippen molar-refractivity contribution in [1.29, 1.82) is 0 Å². The van der Waals surface area contributed by atoms with Gasteiger partial charge < -0.3 is 19.8 Å². The van der Waals surface area contributed by atoms with E-state index in [9.17, 15) is 4.79 Å². The van der Waals surface area contributed by atoms with Crippen molar-refractivity contribution in [3.8, 4) is 5.75 Å². The van der Waals surface area contributed by atoms with E-state index >= 15 is 0 Å². The van der Waals surface area contributed by atoms with Gasteiger partial charge in [0.1, 0.15) is 18.2 Å². The van der Waals surface area contributed by atoms with Gasteiger partial charge in [-0.2, -0.15) is 0 Å². The molecular weight excluding hydrogens is 354 g/mol. The Morgan fingerprint density at radius 3 is 2.93 bits per heavy atom. The summed E-state index contributed by atoms with van der Waals surface area (Å²) in [6.45, 7) is 1.85. The minimum atomic E-state index is -0.118. The summed E-state index contributed by atoms with van der Waals surface area (Å²) in [6.07, 6.45) is 3.80. The summed E-state index contributed by atoms with van der Waals surface area (Å²) in [5.74, 6) is 1.43. The van der Waals surface area contributed by atoms with Crippen LogP contribution in [0, 0.1) is 0 Å². The van der Waals surface area contributed by atoms with Gasteiger partial charge in [-0.05, 0) is 43.5 Å². The van der Waals surface area contributed by atoms with Crippen LogP contribution in [0.1, 0.15) is 35.4 Å². The van der Waals surface area contributed by atoms with Crippen LogP contribution in [-0.4, -0.2) is 41.7 Å². The maximum Gasteiger partial charge on any atom is 0.255 e. The average Bonchev–Trinajstić information content (AvgIpc) is 3.39. The summed E-state index contributed by atoms with van der Waals surface area (Å²) >= 11 is 0. The summed E-state index contributed by atoms with van der Waals surface area (Å²) in [5.41, 5.74) is 2.57. The quantitative estimate of drug-likeness (QED) is 0.588. The predicted molar refractivity (Wildman–Crippen MR) is 108 cm³/mol. The fourth-order valence-electron chi connectivity index (χ4n) is 3.42. The molecule has 2 heterocycles. The molecule has 1 aliphatic heterocycles. The van der Waals surface area contributed by atoms with Gasteiger partial charge in [-0.1, -0.05) is 24.3 Å². The van der Waals surface area contributed by atoms with Gasteiger partial charge in [0.25, 0.3) is 5.91 Å². The second-order valence-corrected chi connectivity index (χ2v) is 7.00. The van der Waals surface area contributed by atoms with Crippen molar-refractivity contribution in [3.05, 3.63) is 59.9 Å². The van der Waals surface area contributed by atoms with E-state index in [0.717, 1.165) is 49.1 Å². The Bertz CT molecular complexity index is 898. The number of hydrogen-bond acceptors (Lipinski definition) is 4. The van der Waals surface area contributed by atoms with Crippen molar-refractivity contribution in [1.82, 2.24) is 15.3 Å². The molecule has 0 saturated carbocycles. The van der Waals surface area contributed by atoms with Crippen LogP contribution in [0.5, 0.6) is 5.75 Å². The number of nitrogens with zero attached hydrogens (tertiary/aromatic N) is 1. The molecule has 0 radical (unpaired) electrons. The largest absolute Gasteiger partial charge is 0.490 e. The molecule has 1 fully saturated rings. The van der Waals surface area contributed by atoms with Crippen LogP contribution in [0.4, 0.5) is 0 Å². The number of carbonyl (C=O) groups excluding carboxylic acids is 1. The molecule has 28 heavy (non-hydrogen) atoms. The van der Waals surface area contributed by atoms with Crippen LogP contribution in [0.2, 0.25) is 0 Å². The third kappa shape index (κ3) is 4.51. The molecule has 1 aliphatic rings. The lowest BCUT2D eigenvalue weighted by Crippen LogP contribution is -2.26. The molecule has 0 spiro atoms. The minimum absolute atomic E-state index is 0.118. The molecule has 3 aromatic rings. The number of carbonyl (C=O) groups is 1. The van der Waals surface area contributed by atoms with E-state index in [2.05, 4.69) is 15.3 Å². The number of aromatic amines is 1. The topological polar surface area (TPSA) is 76.2 Å². The Hall–Kier alpha value is -2.86. The van der Waals surface area contributed by atoms with E-state index in [4.69, 9.17) is 9.47 Å². The lowest BCUT2D eigenvalue weighted by Gasteiger charge is -2.14. The molecule has 1 amide bonds. The lowest BCUT2D eigenvalue weighted by molar-refractivity contribution is 0.0670. The zero-order valence-corrected chi connectivity index (χ0v) is 15.8. The van der Waals surface area contributed by atoms with Crippen molar-refractivity contribution in [3.63, 3.8) is 0 Å². The third-order valence-corrected chi connectivity index (χ3v) is 4.89. The molecule has 1 saturated heterocycles. The van der Waals surface area contributed by atoms with Gasteiger partial charge in [-0.15, -0.1) is 0 Å². The maximum atomic E-state index is 12.6. The minimum Gasteiger partial charge on any atom is -0.490 e. The normalized spacial score (nSPS) is 16.4. The van der Waals surface area contributed by atoms with E-state index in [0.29, 0.717) is 24.5 Å². The fourth-order valence-corrected chi connectivity index (χ4v) is 3.42. The number of para-hydroxylation sites is 3. The highest BCUT2D eigenvalue weighted by Crippen LogP contribution is 2.20. The van der Waals surface area contributed by atoms with Crippen LogP contribution < -0.4 is 10.1 Å². The zero-order valence-electron chi connectivity index (χ0n) is 15.8. The Morgan fingerprint density at radius 2 is 2.07 bits per heavy atom. The molecule has 0 aliphatic carbocycles. The summed E-state index contributed by atoms with van der Waals surface area (Å²) in [7, 11) is 0. The average molecular weight is 379 g/mol. The van der Waals surface area contributed by atoms with Crippen LogP contribution >= 0.6 is 0 Å². The van der Waals surface area contributed by atoms with Gasteiger partial charge in [0.05, 0.1) is 22.7 Å². The number of ether oxygens (including phenoxy) is 2. The molecule has 6 nitrogen and oxygen atoms in total. The molecule has 146 valence electrons. The number of nitrogens with one attached hydrogen (secondary N) is 2. The molecule has 6 heteroatoms. The number of imidazole rings is 1. The fraction of sp³-hybridized carbons (Fsp3) is 0.364. The first-order chi connectivity index (χ1) is 13.8. The smallest absolute Gasteiger partial charge is 0.255 e. The highest BCUT2D eigenvalue weighted by atomic mass is 16.5. The van der Waals surface area contributed by atoms with Crippen molar-refractivity contribution < 1.29 is 14.3 Å². The molecule has 2 N–H and O–H groups in total. The van der Waals surface area contributed by atoms with Gasteiger partial charge in [0.15, 0.2) is 0 Å². The number of aryl methyl sites for hydroxylation is 1. The van der Waals surface area contributed by atoms with E-state index in [1.807, 2.05) is 42.5 Å². The number of aromatic nitrogens is 2. The van der Waals surface area contributed by atoms with Crippen molar-refractivity contribution in [2.75, 3.05) is 19.8 Å². The van der Waals surface area contributed by atoms with Crippen LogP contribution in [0.25, 0.3) is 11.0 Å². The first kappa shape index (κ1) is 18.5. The maximum absolute atomic E-state index is 12.6. The number of fused-ring (bicyclic) bond motifs is 1. The predicted octanol–water partition coefficient (Wildman–Crippen LogP) is 3.48. The Labute approximate surface area is 164 Å². The molecule has 1 unspecified atom stereocenters. The second-order valence-electron chi connectivity index (χ2n) is 7.00. The number of rotatable bonds is 8. The van der Waals surface area contributed by atoms with E-state index in [1.54, 1.807) is 6.07 Å². The first-order valence-corrected chi connectivity index (χ1v) is 9.85. The van der Waals surface area contributed by atoms with E-state index in [-0.39, 0.29) is 12.0 Å². The summed E-state index contributed by atoms with van der Waals surface area (Å²) in [4.78, 5) is 20.4. The highest BCUT2D eigenvalue weighted by Gasteiger charge is 2.18. The van der Waals surface area contributed by atoms with Gasteiger partial charge in [0.2, 0.25) is 0 Å². The summed E-state index contributed by atoms with van der Waals surface area (Å²) < 4.78 is 11.4. The lowest BCUT2D eigenvalue weighted by atomic mass is 10.2. The van der Waals surface area contributed by atoms with Gasteiger partial charge >= 0.3 is 0 Å². The monoisotopic (exact) mass is 379 g/mol. The van der Waals surface area contributed by atoms with Crippen LogP contribution in [-0.2, 0) is 11.2 Å². The number of H-pyrrole nitrogens is 1. The molecule has 1 aromatic heterocycles. The molecule has 2 aromatic carbocycles. The molecule has 4 rings (SSSR count). The van der Waals surface area contributed by atoms with Gasteiger partial charge in [-0.25, -0.2) is 4.98 Å². The number of amides is 1. The van der Waals surface area contributed by atoms with E-state index in [1.165, 1.54) is 0 Å². The Balaban J connectivity index is 1.27. The standard InChI is InChI=1S/C22H25N3O3/c26-22(17-8-1-4-11-20(17)28-15-16-7-6-14-27-16)23-13-5-12-21-24-18-9-2-3-10-19(18)25-21/h1-4,8-11,16H,5-7,12-15H2,(H,23,26)(H,24,25). The zero-order chi connectivity index (χ0) is 19.2. The van der Waals surface area contributed by atoms with Gasteiger partial charge in [0, 0.05) is 19.6 Å².